The largest absolute Gasteiger partial charge is 0.398 e. The molecule has 3 heteroatoms. The number of nitrogen functional groups attached to an aromatic ring is 1. The van der Waals surface area contributed by atoms with Crippen molar-refractivity contribution in [2.75, 3.05) is 18.1 Å². The minimum absolute atomic E-state index is 0.00417. The van der Waals surface area contributed by atoms with Gasteiger partial charge in [-0.3, -0.25) is 4.79 Å². The van der Waals surface area contributed by atoms with Gasteiger partial charge in [-0.05, 0) is 29.0 Å². The van der Waals surface area contributed by atoms with Gasteiger partial charge in [-0.2, -0.15) is 0 Å². The number of ketones is 1. The number of rotatable bonds is 3. The van der Waals surface area contributed by atoms with E-state index in [1.807, 2.05) is 73.8 Å². The van der Waals surface area contributed by atoms with E-state index >= 15 is 0 Å². The van der Waals surface area contributed by atoms with Crippen LogP contribution in [0.1, 0.15) is 15.9 Å². The van der Waals surface area contributed by atoms with Gasteiger partial charge in [0.05, 0.1) is 0 Å². The van der Waals surface area contributed by atoms with Crippen LogP contribution in [0.2, 0.25) is 0 Å². The Balaban J connectivity index is 2.00. The molecule has 0 aliphatic heterocycles. The van der Waals surface area contributed by atoms with E-state index in [2.05, 4.69) is 5.32 Å². The highest BCUT2D eigenvalue weighted by molar-refractivity contribution is 6.23. The first-order valence-corrected chi connectivity index (χ1v) is 8.22. The summed E-state index contributed by atoms with van der Waals surface area (Å²) in [7, 11) is 1.87. The van der Waals surface area contributed by atoms with Gasteiger partial charge in [0.15, 0.2) is 5.78 Å². The van der Waals surface area contributed by atoms with Gasteiger partial charge in [0, 0.05) is 40.3 Å². The molecule has 0 atom stereocenters. The van der Waals surface area contributed by atoms with Crippen molar-refractivity contribution in [1.82, 2.24) is 0 Å². The molecule has 0 unspecified atom stereocenters. The Bertz CT molecular complexity index is 1110. The Hall–Kier alpha value is -3.33. The lowest BCUT2D eigenvalue weighted by atomic mass is 9.92. The summed E-state index contributed by atoms with van der Waals surface area (Å²) in [6.07, 6.45) is 0. The van der Waals surface area contributed by atoms with Gasteiger partial charge in [-0.25, -0.2) is 0 Å². The van der Waals surface area contributed by atoms with Crippen LogP contribution in [-0.4, -0.2) is 12.8 Å². The first-order valence-electron chi connectivity index (χ1n) is 8.22. The zero-order valence-electron chi connectivity index (χ0n) is 13.9. The summed E-state index contributed by atoms with van der Waals surface area (Å²) in [5.41, 5.74) is 9.07. The number of hydrogen-bond donors (Lipinski definition) is 2. The lowest BCUT2D eigenvalue weighted by Gasteiger charge is -2.13. The molecule has 0 aliphatic carbocycles. The Kier molecular flexibility index (Phi) is 3.62. The molecule has 122 valence electrons. The van der Waals surface area contributed by atoms with Crippen molar-refractivity contribution in [2.24, 2.45) is 0 Å². The third-order valence-electron chi connectivity index (χ3n) is 4.62. The van der Waals surface area contributed by atoms with E-state index in [4.69, 9.17) is 5.73 Å². The number of fused-ring (bicyclic) bond motifs is 2. The van der Waals surface area contributed by atoms with Gasteiger partial charge in [0.25, 0.3) is 0 Å². The number of nitrogens with one attached hydrogen (secondary N) is 1. The number of carbonyl (C=O) groups excluding carboxylic acids is 1. The fourth-order valence-corrected chi connectivity index (χ4v) is 3.40. The highest BCUT2D eigenvalue weighted by Crippen LogP contribution is 2.31. The molecular weight excluding hydrogens is 308 g/mol. The third-order valence-corrected chi connectivity index (χ3v) is 4.62. The molecule has 0 amide bonds. The summed E-state index contributed by atoms with van der Waals surface area (Å²) in [4.78, 5) is 13.4. The van der Waals surface area contributed by atoms with Crippen molar-refractivity contribution in [3.8, 4) is 0 Å². The number of benzene rings is 4. The second-order valence-corrected chi connectivity index (χ2v) is 6.04. The van der Waals surface area contributed by atoms with Gasteiger partial charge in [0.1, 0.15) is 0 Å². The summed E-state index contributed by atoms with van der Waals surface area (Å²) in [5.74, 6) is 0.00417. The van der Waals surface area contributed by atoms with Gasteiger partial charge in [0.2, 0.25) is 0 Å². The maximum atomic E-state index is 13.4. The molecule has 0 aromatic heterocycles. The average molecular weight is 326 g/mol. The van der Waals surface area contributed by atoms with Crippen molar-refractivity contribution < 1.29 is 4.79 Å². The van der Waals surface area contributed by atoms with Crippen molar-refractivity contribution in [1.29, 1.82) is 0 Å². The predicted molar refractivity (Wildman–Crippen MR) is 105 cm³/mol. The lowest BCUT2D eigenvalue weighted by Crippen LogP contribution is -2.05. The molecule has 0 saturated heterocycles. The minimum atomic E-state index is 0.00417. The molecule has 0 saturated carbocycles. The third kappa shape index (κ3) is 2.41. The van der Waals surface area contributed by atoms with E-state index in [9.17, 15) is 4.79 Å². The highest BCUT2D eigenvalue weighted by atomic mass is 16.1. The van der Waals surface area contributed by atoms with Crippen molar-refractivity contribution in [2.45, 2.75) is 0 Å². The van der Waals surface area contributed by atoms with Crippen LogP contribution in [0.15, 0.2) is 72.8 Å². The average Bonchev–Trinajstić information content (AvgIpc) is 2.67. The Labute approximate surface area is 146 Å². The highest BCUT2D eigenvalue weighted by Gasteiger charge is 2.17. The first-order chi connectivity index (χ1) is 12.2. The summed E-state index contributed by atoms with van der Waals surface area (Å²) >= 11 is 0. The van der Waals surface area contributed by atoms with Crippen LogP contribution in [0.3, 0.4) is 0 Å². The molecule has 3 nitrogen and oxygen atoms in total. The van der Waals surface area contributed by atoms with Crippen LogP contribution < -0.4 is 11.1 Å². The second kappa shape index (κ2) is 5.95. The monoisotopic (exact) mass is 326 g/mol. The van der Waals surface area contributed by atoms with Crippen LogP contribution in [0.4, 0.5) is 11.4 Å². The lowest BCUT2D eigenvalue weighted by molar-refractivity contribution is 0.104. The molecule has 0 radical (unpaired) electrons. The van der Waals surface area contributed by atoms with Crippen molar-refractivity contribution >= 4 is 38.7 Å². The molecule has 4 aromatic carbocycles. The normalized spacial score (nSPS) is 10.9. The van der Waals surface area contributed by atoms with Crippen molar-refractivity contribution in [3.63, 3.8) is 0 Å². The Morgan fingerprint density at radius 1 is 0.800 bits per heavy atom. The molecule has 4 rings (SSSR count). The zero-order valence-corrected chi connectivity index (χ0v) is 13.9. The number of nitrogens with two attached hydrogens (primary N) is 1. The standard InChI is InChI=1S/C22H18N2O/c1-24-20-11-5-7-14-6-4-10-18(21(14)20)22(25)17-12-13-19(23)16-9-3-2-8-15(16)17/h2-13,24H,23H2,1H3. The maximum absolute atomic E-state index is 13.4. The molecule has 0 spiro atoms. The fraction of sp³-hybridized carbons (Fsp3) is 0.0455. The smallest absolute Gasteiger partial charge is 0.194 e. The SMILES string of the molecule is CNc1cccc2cccc(C(=O)c3ccc(N)c4ccccc34)c12. The topological polar surface area (TPSA) is 55.1 Å². The Morgan fingerprint density at radius 3 is 2.28 bits per heavy atom. The summed E-state index contributed by atoms with van der Waals surface area (Å²) in [6, 6.07) is 23.2. The predicted octanol–water partition coefficient (Wildman–Crippen LogP) is 4.85. The molecule has 4 aromatic rings. The van der Waals surface area contributed by atoms with Gasteiger partial charge >= 0.3 is 0 Å². The zero-order chi connectivity index (χ0) is 17.4. The summed E-state index contributed by atoms with van der Waals surface area (Å²) in [6.45, 7) is 0. The summed E-state index contributed by atoms with van der Waals surface area (Å²) in [5, 5.41) is 6.96. The molecule has 0 aliphatic rings. The van der Waals surface area contributed by atoms with E-state index in [1.54, 1.807) is 6.07 Å². The van der Waals surface area contributed by atoms with E-state index in [0.717, 1.165) is 27.2 Å². The Morgan fingerprint density at radius 2 is 1.52 bits per heavy atom. The van der Waals surface area contributed by atoms with Crippen LogP contribution in [0.5, 0.6) is 0 Å². The van der Waals surface area contributed by atoms with Crippen molar-refractivity contribution in [3.05, 3.63) is 83.9 Å². The first kappa shape index (κ1) is 15.2. The van der Waals surface area contributed by atoms with Gasteiger partial charge in [-0.1, -0.05) is 54.6 Å². The number of hydrogen-bond acceptors (Lipinski definition) is 3. The van der Waals surface area contributed by atoms with E-state index in [0.29, 0.717) is 16.8 Å². The molecule has 25 heavy (non-hydrogen) atoms. The van der Waals surface area contributed by atoms with E-state index in [1.165, 1.54) is 0 Å². The molecular formula is C22H18N2O. The second-order valence-electron chi connectivity index (χ2n) is 6.04. The number of anilines is 2. The van der Waals surface area contributed by atoms with E-state index in [-0.39, 0.29) is 5.78 Å². The van der Waals surface area contributed by atoms with Crippen LogP contribution in [-0.2, 0) is 0 Å². The van der Waals surface area contributed by atoms with Crippen LogP contribution in [0.25, 0.3) is 21.5 Å². The molecule has 0 bridgehead atoms. The number of carbonyl (C=O) groups is 1. The van der Waals surface area contributed by atoms with Gasteiger partial charge < -0.3 is 11.1 Å². The fourth-order valence-electron chi connectivity index (χ4n) is 3.40. The molecule has 3 N–H and O–H groups in total. The van der Waals surface area contributed by atoms with E-state index < -0.39 is 0 Å². The quantitative estimate of drug-likeness (QED) is 0.418. The summed E-state index contributed by atoms with van der Waals surface area (Å²) < 4.78 is 0. The maximum Gasteiger partial charge on any atom is 0.194 e. The minimum Gasteiger partial charge on any atom is -0.398 e. The van der Waals surface area contributed by atoms with Gasteiger partial charge in [-0.15, -0.1) is 0 Å². The molecule has 0 heterocycles. The molecule has 0 fully saturated rings. The van der Waals surface area contributed by atoms with Crippen LogP contribution in [0, 0.1) is 0 Å². The van der Waals surface area contributed by atoms with Crippen LogP contribution >= 0.6 is 0 Å².